The Bertz CT molecular complexity index is 572. The van der Waals surface area contributed by atoms with Gasteiger partial charge < -0.3 is 14.6 Å². The number of carbonyl (C=O) groups is 1. The number of likely N-dealkylation sites (N-methyl/N-ethyl adjacent to an activating group) is 1. The Kier molecular flexibility index (Phi) is 4.63. The van der Waals surface area contributed by atoms with Gasteiger partial charge in [0.05, 0.1) is 6.54 Å². The quantitative estimate of drug-likeness (QED) is 0.921. The lowest BCUT2D eigenvalue weighted by atomic mass is 10.3. The molecule has 0 radical (unpaired) electrons. The van der Waals surface area contributed by atoms with Gasteiger partial charge in [-0.15, -0.1) is 0 Å². The van der Waals surface area contributed by atoms with Crippen LogP contribution in [0.5, 0.6) is 5.75 Å². The number of rotatable bonds is 5. The van der Waals surface area contributed by atoms with Gasteiger partial charge in [-0.25, -0.2) is 4.98 Å². The van der Waals surface area contributed by atoms with E-state index in [-0.39, 0.29) is 5.91 Å². The third kappa shape index (κ3) is 3.74. The topological polar surface area (TPSA) is 58.2 Å². The van der Waals surface area contributed by atoms with E-state index in [0.717, 1.165) is 5.82 Å². The molecular formula is C14H16ClN3O2. The fourth-order valence-corrected chi connectivity index (χ4v) is 1.97. The zero-order valence-corrected chi connectivity index (χ0v) is 12.1. The second-order valence-electron chi connectivity index (χ2n) is 4.45. The minimum absolute atomic E-state index is 0.124. The second-order valence-corrected chi connectivity index (χ2v) is 4.88. The maximum atomic E-state index is 12.2. The molecule has 0 spiro atoms. The Morgan fingerprint density at radius 3 is 3.00 bits per heavy atom. The van der Waals surface area contributed by atoms with Crippen LogP contribution in [-0.4, -0.2) is 33.9 Å². The molecule has 0 aliphatic rings. The normalized spacial score (nSPS) is 11.9. The van der Waals surface area contributed by atoms with Crippen molar-refractivity contribution >= 4 is 17.5 Å². The predicted octanol–water partition coefficient (Wildman–Crippen LogP) is 2.49. The molecule has 1 aromatic heterocycles. The Morgan fingerprint density at radius 2 is 2.35 bits per heavy atom. The fourth-order valence-electron chi connectivity index (χ4n) is 1.79. The van der Waals surface area contributed by atoms with Crippen LogP contribution in [0.3, 0.4) is 0 Å². The van der Waals surface area contributed by atoms with Gasteiger partial charge in [0, 0.05) is 24.5 Å². The van der Waals surface area contributed by atoms with E-state index < -0.39 is 6.10 Å². The van der Waals surface area contributed by atoms with Crippen molar-refractivity contribution in [1.82, 2.24) is 14.9 Å². The fraction of sp³-hybridized carbons (Fsp3) is 0.286. The largest absolute Gasteiger partial charge is 0.481 e. The molecule has 1 N–H and O–H groups in total. The smallest absolute Gasteiger partial charge is 0.263 e. The van der Waals surface area contributed by atoms with E-state index in [0.29, 0.717) is 17.3 Å². The zero-order chi connectivity index (χ0) is 14.5. The van der Waals surface area contributed by atoms with Gasteiger partial charge in [-0.2, -0.15) is 0 Å². The van der Waals surface area contributed by atoms with E-state index in [9.17, 15) is 4.79 Å². The Labute approximate surface area is 122 Å². The Hall–Kier alpha value is -2.01. The molecule has 0 aliphatic carbocycles. The van der Waals surface area contributed by atoms with Gasteiger partial charge in [0.15, 0.2) is 6.10 Å². The molecular weight excluding hydrogens is 278 g/mol. The van der Waals surface area contributed by atoms with E-state index in [1.165, 1.54) is 0 Å². The third-order valence-electron chi connectivity index (χ3n) is 2.77. The highest BCUT2D eigenvalue weighted by atomic mass is 35.5. The molecule has 0 aliphatic heterocycles. The number of halogens is 1. The lowest BCUT2D eigenvalue weighted by Gasteiger charge is -2.21. The number of benzene rings is 1. The number of amides is 1. The summed E-state index contributed by atoms with van der Waals surface area (Å²) in [4.78, 5) is 20.8. The van der Waals surface area contributed by atoms with Crippen LogP contribution in [0.15, 0.2) is 36.7 Å². The minimum Gasteiger partial charge on any atom is -0.481 e. The molecule has 6 heteroatoms. The molecule has 0 bridgehead atoms. The number of ether oxygens (including phenoxy) is 1. The maximum Gasteiger partial charge on any atom is 0.263 e. The van der Waals surface area contributed by atoms with E-state index in [4.69, 9.17) is 16.3 Å². The van der Waals surface area contributed by atoms with Crippen LogP contribution >= 0.6 is 11.6 Å². The summed E-state index contributed by atoms with van der Waals surface area (Å²) < 4.78 is 5.59. The molecule has 1 amide bonds. The van der Waals surface area contributed by atoms with Crippen molar-refractivity contribution in [3.63, 3.8) is 0 Å². The van der Waals surface area contributed by atoms with Crippen LogP contribution in [0.4, 0.5) is 0 Å². The lowest BCUT2D eigenvalue weighted by Crippen LogP contribution is -2.37. The van der Waals surface area contributed by atoms with Crippen molar-refractivity contribution in [1.29, 1.82) is 0 Å². The van der Waals surface area contributed by atoms with Gasteiger partial charge in [-0.3, -0.25) is 4.79 Å². The molecule has 1 unspecified atom stereocenters. The van der Waals surface area contributed by atoms with Crippen LogP contribution in [0, 0.1) is 0 Å². The number of nitrogens with one attached hydrogen (secondary N) is 1. The summed E-state index contributed by atoms with van der Waals surface area (Å²) in [6.07, 6.45) is 2.78. The molecule has 20 heavy (non-hydrogen) atoms. The van der Waals surface area contributed by atoms with Crippen LogP contribution in [0.1, 0.15) is 12.7 Å². The zero-order valence-electron chi connectivity index (χ0n) is 11.3. The highest BCUT2D eigenvalue weighted by Crippen LogP contribution is 2.18. The first-order valence-electron chi connectivity index (χ1n) is 6.21. The Morgan fingerprint density at radius 1 is 1.55 bits per heavy atom. The van der Waals surface area contributed by atoms with Crippen molar-refractivity contribution in [3.8, 4) is 5.75 Å². The van der Waals surface area contributed by atoms with E-state index >= 15 is 0 Å². The van der Waals surface area contributed by atoms with Gasteiger partial charge in [-0.1, -0.05) is 17.7 Å². The SMILES string of the molecule is CC(Oc1cccc(Cl)c1)C(=O)N(C)Cc1ncc[nH]1. The predicted molar refractivity (Wildman–Crippen MR) is 76.6 cm³/mol. The average molecular weight is 294 g/mol. The number of aromatic amines is 1. The highest BCUT2D eigenvalue weighted by molar-refractivity contribution is 6.30. The number of hydrogen-bond donors (Lipinski definition) is 1. The number of hydrogen-bond acceptors (Lipinski definition) is 3. The van der Waals surface area contributed by atoms with Crippen LogP contribution in [-0.2, 0) is 11.3 Å². The first kappa shape index (κ1) is 14.4. The first-order valence-corrected chi connectivity index (χ1v) is 6.59. The molecule has 2 aromatic rings. The van der Waals surface area contributed by atoms with Gasteiger partial charge in [0.2, 0.25) is 0 Å². The highest BCUT2D eigenvalue weighted by Gasteiger charge is 2.20. The number of imidazole rings is 1. The van der Waals surface area contributed by atoms with Gasteiger partial charge in [0.1, 0.15) is 11.6 Å². The van der Waals surface area contributed by atoms with Crippen molar-refractivity contribution in [2.24, 2.45) is 0 Å². The van der Waals surface area contributed by atoms with Crippen LogP contribution < -0.4 is 4.74 Å². The second kappa shape index (κ2) is 6.43. The van der Waals surface area contributed by atoms with Crippen LogP contribution in [0.25, 0.3) is 0 Å². The molecule has 1 atom stereocenters. The number of nitrogens with zero attached hydrogens (tertiary/aromatic N) is 2. The molecule has 2 rings (SSSR count). The van der Waals surface area contributed by atoms with Gasteiger partial charge in [-0.05, 0) is 25.1 Å². The lowest BCUT2D eigenvalue weighted by molar-refractivity contribution is -0.137. The summed E-state index contributed by atoms with van der Waals surface area (Å²) in [6, 6.07) is 6.98. The van der Waals surface area contributed by atoms with Crippen LogP contribution in [0.2, 0.25) is 5.02 Å². The summed E-state index contributed by atoms with van der Waals surface area (Å²) in [7, 11) is 1.71. The first-order chi connectivity index (χ1) is 9.56. The molecule has 1 aromatic carbocycles. The van der Waals surface area contributed by atoms with Crippen molar-refractivity contribution in [2.45, 2.75) is 19.6 Å². The molecule has 0 fully saturated rings. The number of carbonyl (C=O) groups excluding carboxylic acids is 1. The molecule has 5 nitrogen and oxygen atoms in total. The molecule has 106 valence electrons. The summed E-state index contributed by atoms with van der Waals surface area (Å²) in [5.74, 6) is 1.18. The van der Waals surface area contributed by atoms with Gasteiger partial charge in [0.25, 0.3) is 5.91 Å². The molecule has 1 heterocycles. The van der Waals surface area contributed by atoms with Crippen molar-refractivity contribution in [3.05, 3.63) is 47.5 Å². The number of aromatic nitrogens is 2. The maximum absolute atomic E-state index is 12.2. The molecule has 0 saturated heterocycles. The number of H-pyrrole nitrogens is 1. The van der Waals surface area contributed by atoms with Crippen molar-refractivity contribution in [2.75, 3.05) is 7.05 Å². The summed E-state index contributed by atoms with van der Waals surface area (Å²) in [5.41, 5.74) is 0. The van der Waals surface area contributed by atoms with Crippen molar-refractivity contribution < 1.29 is 9.53 Å². The summed E-state index contributed by atoms with van der Waals surface area (Å²) in [5, 5.41) is 0.575. The average Bonchev–Trinajstić information content (AvgIpc) is 2.90. The summed E-state index contributed by atoms with van der Waals surface area (Å²) in [6.45, 7) is 2.12. The third-order valence-corrected chi connectivity index (χ3v) is 3.01. The minimum atomic E-state index is -0.589. The van der Waals surface area contributed by atoms with E-state index in [1.54, 1.807) is 55.5 Å². The monoisotopic (exact) mass is 293 g/mol. The van der Waals surface area contributed by atoms with E-state index in [2.05, 4.69) is 9.97 Å². The standard InChI is InChI=1S/C14H16ClN3O2/c1-10(20-12-5-3-4-11(15)8-12)14(19)18(2)9-13-16-6-7-17-13/h3-8,10H,9H2,1-2H3,(H,16,17). The molecule has 0 saturated carbocycles. The van der Waals surface area contributed by atoms with E-state index in [1.807, 2.05) is 0 Å². The summed E-state index contributed by atoms with van der Waals surface area (Å²) >= 11 is 5.88. The Balaban J connectivity index is 1.94. The van der Waals surface area contributed by atoms with Gasteiger partial charge >= 0.3 is 0 Å².